The molecule has 0 aromatic rings. The third-order valence-electron chi connectivity index (χ3n) is 7.06. The lowest BCUT2D eigenvalue weighted by molar-refractivity contribution is 0.0926. The van der Waals surface area contributed by atoms with Gasteiger partial charge in [-0.1, -0.05) is 6.08 Å². The minimum Gasteiger partial charge on any atom is -0.381 e. The van der Waals surface area contributed by atoms with Gasteiger partial charge in [-0.25, -0.2) is 0 Å². The summed E-state index contributed by atoms with van der Waals surface area (Å²) in [6, 6.07) is 0. The van der Waals surface area contributed by atoms with Crippen LogP contribution in [0.3, 0.4) is 0 Å². The molecule has 0 radical (unpaired) electrons. The monoisotopic (exact) mass is 290 g/mol. The average Bonchev–Trinajstić information content (AvgIpc) is 3.04. The first kappa shape index (κ1) is 15.6. The van der Waals surface area contributed by atoms with E-state index >= 15 is 0 Å². The number of hydrogen-bond acceptors (Lipinski definition) is 1. The van der Waals surface area contributed by atoms with Crippen LogP contribution in [0.4, 0.5) is 0 Å². The molecule has 3 aliphatic carbocycles. The molecule has 3 saturated carbocycles. The van der Waals surface area contributed by atoms with Gasteiger partial charge >= 0.3 is 0 Å². The summed E-state index contributed by atoms with van der Waals surface area (Å²) < 4.78 is 5.56. The summed E-state index contributed by atoms with van der Waals surface area (Å²) in [5.74, 6) is 4.91. The Kier molecular flexibility index (Phi) is 5.43. The molecular weight excluding hydrogens is 256 g/mol. The Bertz CT molecular complexity index is 321. The fourth-order valence-electron chi connectivity index (χ4n) is 5.56. The Labute approximate surface area is 131 Å². The number of ether oxygens (including phenoxy) is 1. The highest BCUT2D eigenvalue weighted by molar-refractivity contribution is 4.89. The van der Waals surface area contributed by atoms with E-state index in [2.05, 4.69) is 12.7 Å². The molecule has 0 saturated heterocycles. The number of methoxy groups -OCH3 is 1. The van der Waals surface area contributed by atoms with E-state index in [-0.39, 0.29) is 0 Å². The van der Waals surface area contributed by atoms with Crippen LogP contribution in [0.1, 0.15) is 70.6 Å². The van der Waals surface area contributed by atoms with Gasteiger partial charge in [0, 0.05) is 7.11 Å². The van der Waals surface area contributed by atoms with Gasteiger partial charge in [0.05, 0.1) is 6.10 Å². The van der Waals surface area contributed by atoms with E-state index in [1.54, 1.807) is 0 Å². The maximum Gasteiger partial charge on any atom is 0.0574 e. The quantitative estimate of drug-likeness (QED) is 0.612. The molecule has 0 heterocycles. The van der Waals surface area contributed by atoms with Crippen molar-refractivity contribution in [3.63, 3.8) is 0 Å². The lowest BCUT2D eigenvalue weighted by Crippen LogP contribution is -2.27. The summed E-state index contributed by atoms with van der Waals surface area (Å²) in [5, 5.41) is 0. The predicted molar refractivity (Wildman–Crippen MR) is 89.2 cm³/mol. The Morgan fingerprint density at radius 3 is 1.67 bits per heavy atom. The van der Waals surface area contributed by atoms with E-state index < -0.39 is 0 Å². The lowest BCUT2D eigenvalue weighted by Gasteiger charge is -2.39. The van der Waals surface area contributed by atoms with Crippen LogP contribution in [0.2, 0.25) is 0 Å². The van der Waals surface area contributed by atoms with Crippen molar-refractivity contribution in [1.29, 1.82) is 0 Å². The highest BCUT2D eigenvalue weighted by Crippen LogP contribution is 2.46. The second-order valence-electron chi connectivity index (χ2n) is 8.02. The molecule has 3 fully saturated rings. The van der Waals surface area contributed by atoms with E-state index in [9.17, 15) is 0 Å². The Morgan fingerprint density at radius 2 is 1.19 bits per heavy atom. The molecule has 0 bridgehead atoms. The molecule has 21 heavy (non-hydrogen) atoms. The van der Waals surface area contributed by atoms with Crippen molar-refractivity contribution < 1.29 is 4.74 Å². The summed E-state index contributed by atoms with van der Waals surface area (Å²) in [6.45, 7) is 3.98. The molecule has 1 nitrogen and oxygen atoms in total. The molecule has 120 valence electrons. The minimum absolute atomic E-state index is 0.571. The number of rotatable bonds is 4. The molecule has 0 aliphatic heterocycles. The molecule has 0 spiro atoms. The Morgan fingerprint density at radius 1 is 0.714 bits per heavy atom. The van der Waals surface area contributed by atoms with Crippen molar-refractivity contribution in [2.24, 2.45) is 29.6 Å². The molecule has 1 heteroatoms. The second-order valence-corrected chi connectivity index (χ2v) is 8.02. The summed E-state index contributed by atoms with van der Waals surface area (Å²) in [4.78, 5) is 0. The number of hydrogen-bond donors (Lipinski definition) is 0. The molecule has 3 aliphatic rings. The van der Waals surface area contributed by atoms with Crippen LogP contribution >= 0.6 is 0 Å². The van der Waals surface area contributed by atoms with Gasteiger partial charge in [0.15, 0.2) is 0 Å². The first-order valence-corrected chi connectivity index (χ1v) is 9.45. The van der Waals surface area contributed by atoms with E-state index in [4.69, 9.17) is 4.74 Å². The summed E-state index contributed by atoms with van der Waals surface area (Å²) in [7, 11) is 1.89. The topological polar surface area (TPSA) is 9.23 Å². The first-order valence-electron chi connectivity index (χ1n) is 9.45. The smallest absolute Gasteiger partial charge is 0.0574 e. The maximum absolute atomic E-state index is 5.56. The Hall–Kier alpha value is -0.300. The van der Waals surface area contributed by atoms with E-state index in [0.29, 0.717) is 6.10 Å². The van der Waals surface area contributed by atoms with E-state index in [1.807, 2.05) is 7.11 Å². The van der Waals surface area contributed by atoms with Crippen molar-refractivity contribution in [2.75, 3.05) is 7.11 Å². The third kappa shape index (κ3) is 3.73. The standard InChI is InChI=1S/C20H34O/c1-3-15-4-6-16(7-5-15)17-8-10-18(11-9-17)19-12-13-20(14-19)21-2/h3,15-20H,1,4-14H2,2H3. The van der Waals surface area contributed by atoms with Crippen LogP contribution in [-0.2, 0) is 4.74 Å². The van der Waals surface area contributed by atoms with Gasteiger partial charge in [-0.05, 0) is 100 Å². The summed E-state index contributed by atoms with van der Waals surface area (Å²) >= 11 is 0. The molecule has 2 unspecified atom stereocenters. The lowest BCUT2D eigenvalue weighted by atomic mass is 9.67. The largest absolute Gasteiger partial charge is 0.381 e. The van der Waals surface area contributed by atoms with Crippen molar-refractivity contribution in [1.82, 2.24) is 0 Å². The fraction of sp³-hybridized carbons (Fsp3) is 0.900. The Balaban J connectivity index is 1.42. The third-order valence-corrected chi connectivity index (χ3v) is 7.06. The van der Waals surface area contributed by atoms with Crippen LogP contribution in [0.25, 0.3) is 0 Å². The van der Waals surface area contributed by atoms with Crippen LogP contribution in [0.15, 0.2) is 12.7 Å². The van der Waals surface area contributed by atoms with Crippen molar-refractivity contribution in [3.8, 4) is 0 Å². The minimum atomic E-state index is 0.571. The molecule has 3 rings (SSSR count). The van der Waals surface area contributed by atoms with E-state index in [0.717, 1.165) is 29.6 Å². The average molecular weight is 290 g/mol. The fourth-order valence-corrected chi connectivity index (χ4v) is 5.56. The summed E-state index contributed by atoms with van der Waals surface area (Å²) in [5.41, 5.74) is 0. The van der Waals surface area contributed by atoms with Crippen LogP contribution in [0, 0.1) is 29.6 Å². The molecule has 0 amide bonds. The zero-order chi connectivity index (χ0) is 14.7. The molecular formula is C20H34O. The van der Waals surface area contributed by atoms with E-state index in [1.165, 1.54) is 70.6 Å². The summed E-state index contributed by atoms with van der Waals surface area (Å²) in [6.07, 6.45) is 18.7. The maximum atomic E-state index is 5.56. The van der Waals surface area contributed by atoms with Crippen molar-refractivity contribution in [3.05, 3.63) is 12.7 Å². The molecule has 0 aromatic heterocycles. The van der Waals surface area contributed by atoms with Crippen LogP contribution < -0.4 is 0 Å². The van der Waals surface area contributed by atoms with Gasteiger partial charge in [-0.3, -0.25) is 0 Å². The van der Waals surface area contributed by atoms with Gasteiger partial charge < -0.3 is 4.74 Å². The first-order chi connectivity index (χ1) is 10.3. The molecule has 0 aromatic carbocycles. The molecule has 0 N–H and O–H groups in total. The van der Waals surface area contributed by atoms with Crippen LogP contribution in [0.5, 0.6) is 0 Å². The zero-order valence-electron chi connectivity index (χ0n) is 13.9. The molecule has 2 atom stereocenters. The van der Waals surface area contributed by atoms with Crippen LogP contribution in [-0.4, -0.2) is 13.2 Å². The highest BCUT2D eigenvalue weighted by Gasteiger charge is 2.35. The van der Waals surface area contributed by atoms with Crippen molar-refractivity contribution >= 4 is 0 Å². The van der Waals surface area contributed by atoms with Gasteiger partial charge in [-0.2, -0.15) is 0 Å². The SMILES string of the molecule is C=CC1CCC(C2CCC(C3CCC(OC)C3)CC2)CC1. The highest BCUT2D eigenvalue weighted by atomic mass is 16.5. The number of allylic oxidation sites excluding steroid dienone is 1. The van der Waals surface area contributed by atoms with Gasteiger partial charge in [0.25, 0.3) is 0 Å². The predicted octanol–water partition coefficient (Wildman–Crippen LogP) is 5.60. The zero-order valence-corrected chi connectivity index (χ0v) is 13.9. The second kappa shape index (κ2) is 7.31. The van der Waals surface area contributed by atoms with Crippen molar-refractivity contribution in [2.45, 2.75) is 76.7 Å². The normalized spacial score (nSPS) is 44.6. The van der Waals surface area contributed by atoms with Gasteiger partial charge in [0.2, 0.25) is 0 Å². The van der Waals surface area contributed by atoms with Gasteiger partial charge in [-0.15, -0.1) is 6.58 Å². The van der Waals surface area contributed by atoms with Gasteiger partial charge in [0.1, 0.15) is 0 Å².